The first-order valence-electron chi connectivity index (χ1n) is 17.7. The molecule has 1 atom stereocenters. The van der Waals surface area contributed by atoms with Crippen LogP contribution in [-0.2, 0) is 0 Å². The van der Waals surface area contributed by atoms with E-state index in [1.165, 1.54) is 19.6 Å². The minimum atomic E-state index is -0.694. The van der Waals surface area contributed by atoms with Gasteiger partial charge in [-0.2, -0.15) is 0 Å². The van der Waals surface area contributed by atoms with Crippen molar-refractivity contribution in [1.82, 2.24) is 10.3 Å². The Balaban J connectivity index is 0.00000155. The summed E-state index contributed by atoms with van der Waals surface area (Å²) in [7, 11) is 3.07. The van der Waals surface area contributed by atoms with E-state index in [9.17, 15) is 9.18 Å². The lowest BCUT2D eigenvalue weighted by Crippen LogP contribution is -2.29. The fourth-order valence-corrected chi connectivity index (χ4v) is 4.87. The lowest BCUT2D eigenvalue weighted by molar-refractivity contribution is 0.0952. The zero-order valence-corrected chi connectivity index (χ0v) is 32.9. The number of nitrogen functional groups attached to an aromatic ring is 1. The number of halogens is 2. The summed E-state index contributed by atoms with van der Waals surface area (Å²) in [4.78, 5) is 22.9. The minimum absolute atomic E-state index is 0.0455. The molecule has 3 aromatic carbocycles. The molecule has 4 N–H and O–H groups in total. The molecule has 0 aliphatic rings. The predicted octanol–water partition coefficient (Wildman–Crippen LogP) is 9.38. The fourth-order valence-electron chi connectivity index (χ4n) is 4.87. The van der Waals surface area contributed by atoms with Gasteiger partial charge < -0.3 is 25.6 Å². The highest BCUT2D eigenvalue weighted by Crippen LogP contribution is 2.33. The van der Waals surface area contributed by atoms with Gasteiger partial charge in [0.05, 0.1) is 31.3 Å². The number of rotatable bonds is 10. The van der Waals surface area contributed by atoms with E-state index < -0.39 is 17.6 Å². The molecule has 10 heteroatoms. The lowest BCUT2D eigenvalue weighted by atomic mass is 9.91. The Labute approximate surface area is 309 Å². The van der Waals surface area contributed by atoms with Gasteiger partial charge >= 0.3 is 0 Å². The molecule has 1 unspecified atom stereocenters. The van der Waals surface area contributed by atoms with Gasteiger partial charge in [-0.25, -0.2) is 8.78 Å². The Kier molecular flexibility index (Phi) is 19.9. The summed E-state index contributed by atoms with van der Waals surface area (Å²) in [5.74, 6) is -1.09. The van der Waals surface area contributed by atoms with E-state index in [0.717, 1.165) is 22.8 Å². The van der Waals surface area contributed by atoms with E-state index in [1.54, 1.807) is 39.3 Å². The summed E-state index contributed by atoms with van der Waals surface area (Å²) in [6.07, 6.45) is 2.88. The molecule has 52 heavy (non-hydrogen) atoms. The second kappa shape index (κ2) is 22.9. The summed E-state index contributed by atoms with van der Waals surface area (Å²) >= 11 is 0. The maximum Gasteiger partial charge on any atom is 0.251 e. The van der Waals surface area contributed by atoms with Gasteiger partial charge in [0.2, 0.25) is 0 Å². The number of carbonyl (C=O) groups is 1. The SMILES string of the molecule is CC.CCC.CCO.COc1cccc(C(CNC(=O)c2cc(C=NC(C)C)c(N)c(OC)c2)c2cc(C)c(C)c(-c3cc(C)c(F)cc3F)n2)c1. The van der Waals surface area contributed by atoms with Crippen molar-refractivity contribution in [3.63, 3.8) is 0 Å². The number of hydrogen-bond acceptors (Lipinski definition) is 7. The van der Waals surface area contributed by atoms with Crippen LogP contribution >= 0.6 is 0 Å². The normalized spacial score (nSPS) is 11.0. The highest BCUT2D eigenvalue weighted by atomic mass is 19.1. The number of anilines is 1. The van der Waals surface area contributed by atoms with E-state index in [4.69, 9.17) is 25.3 Å². The quantitative estimate of drug-likeness (QED) is 0.111. The van der Waals surface area contributed by atoms with E-state index in [2.05, 4.69) is 24.2 Å². The van der Waals surface area contributed by atoms with E-state index in [0.29, 0.717) is 45.3 Å². The van der Waals surface area contributed by atoms with Crippen molar-refractivity contribution < 1.29 is 28.2 Å². The molecule has 284 valence electrons. The van der Waals surface area contributed by atoms with Gasteiger partial charge in [-0.05, 0) is 100 Å². The van der Waals surface area contributed by atoms with Crippen LogP contribution in [-0.4, -0.2) is 55.6 Å². The third-order valence-corrected chi connectivity index (χ3v) is 7.54. The molecular formula is C42H58F2N4O4. The highest BCUT2D eigenvalue weighted by molar-refractivity contribution is 5.99. The first kappa shape index (κ1) is 45.2. The number of nitrogens with zero attached hydrogens (tertiary/aromatic N) is 2. The summed E-state index contributed by atoms with van der Waals surface area (Å²) < 4.78 is 40.1. The molecule has 0 saturated carbocycles. The summed E-state index contributed by atoms with van der Waals surface area (Å²) in [5.41, 5.74) is 11.6. The van der Waals surface area contributed by atoms with Crippen LogP contribution in [0.4, 0.5) is 14.5 Å². The van der Waals surface area contributed by atoms with E-state index in [-0.39, 0.29) is 30.7 Å². The van der Waals surface area contributed by atoms with Crippen LogP contribution in [0.1, 0.15) is 105 Å². The Bertz CT molecular complexity index is 1760. The number of aliphatic imine (C=N–C) groups is 1. The van der Waals surface area contributed by atoms with Crippen LogP contribution in [0.15, 0.2) is 59.6 Å². The average molecular weight is 721 g/mol. The number of hydrogen-bond donors (Lipinski definition) is 3. The second-order valence-corrected chi connectivity index (χ2v) is 12.0. The van der Waals surface area contributed by atoms with E-state index in [1.807, 2.05) is 71.9 Å². The second-order valence-electron chi connectivity index (χ2n) is 12.0. The smallest absolute Gasteiger partial charge is 0.251 e. The van der Waals surface area contributed by atoms with Crippen molar-refractivity contribution in [3.05, 3.63) is 105 Å². The third-order valence-electron chi connectivity index (χ3n) is 7.54. The maximum absolute atomic E-state index is 15.1. The average Bonchev–Trinajstić information content (AvgIpc) is 3.12. The Morgan fingerprint density at radius 3 is 2.17 bits per heavy atom. The fraction of sp³-hybridized carbons (Fsp3) is 0.405. The topological polar surface area (TPSA) is 119 Å². The monoisotopic (exact) mass is 720 g/mol. The van der Waals surface area contributed by atoms with Gasteiger partial charge in [0.25, 0.3) is 5.91 Å². The summed E-state index contributed by atoms with van der Waals surface area (Å²) in [6.45, 7) is 19.6. The molecule has 1 heterocycles. The van der Waals surface area contributed by atoms with Gasteiger partial charge in [-0.15, -0.1) is 0 Å². The van der Waals surface area contributed by atoms with Crippen molar-refractivity contribution in [3.8, 4) is 22.8 Å². The van der Waals surface area contributed by atoms with Crippen molar-refractivity contribution in [2.24, 2.45) is 4.99 Å². The lowest BCUT2D eigenvalue weighted by Gasteiger charge is -2.22. The Hall–Kier alpha value is -4.83. The van der Waals surface area contributed by atoms with Crippen LogP contribution < -0.4 is 20.5 Å². The molecule has 0 fully saturated rings. The molecule has 8 nitrogen and oxygen atoms in total. The van der Waals surface area contributed by atoms with E-state index >= 15 is 4.39 Å². The standard InChI is InChI=1S/C35H38F2N4O3.C3H8.C2H6O.C2H6/c1-19(2)39-17-25-13-24(15-32(44-7)33(25)38)35(42)40-18-28(23-9-8-10-26(14-23)43-6)31-12-20(3)22(5)34(41-31)27-11-21(4)29(36)16-30(27)37;1-3-2;1-2-3;1-2/h8-17,19,28H,18,38H2,1-7H3,(H,40,42);3H2,1-2H3;3H,2H2,1H3;1-2H3. The van der Waals surface area contributed by atoms with Crippen LogP contribution in [0.25, 0.3) is 11.3 Å². The van der Waals surface area contributed by atoms with Gasteiger partial charge in [0.15, 0.2) is 0 Å². The molecule has 0 bridgehead atoms. The molecule has 1 amide bonds. The molecule has 0 saturated heterocycles. The number of methoxy groups -OCH3 is 2. The molecule has 0 spiro atoms. The first-order valence-corrected chi connectivity index (χ1v) is 17.7. The molecule has 1 aromatic heterocycles. The van der Waals surface area contributed by atoms with Gasteiger partial charge in [-0.1, -0.05) is 46.2 Å². The molecule has 0 aliphatic carbocycles. The van der Waals surface area contributed by atoms with Crippen molar-refractivity contribution in [2.45, 2.75) is 87.6 Å². The Morgan fingerprint density at radius 1 is 0.962 bits per heavy atom. The van der Waals surface area contributed by atoms with Gasteiger partial charge in [0.1, 0.15) is 23.1 Å². The van der Waals surface area contributed by atoms with Crippen LogP contribution in [0.2, 0.25) is 0 Å². The van der Waals surface area contributed by atoms with Crippen LogP contribution in [0, 0.1) is 32.4 Å². The molecule has 0 radical (unpaired) electrons. The summed E-state index contributed by atoms with van der Waals surface area (Å²) in [5, 5.41) is 10.6. The number of nitrogens with one attached hydrogen (secondary N) is 1. The zero-order chi connectivity index (χ0) is 39.5. The third kappa shape index (κ3) is 12.7. The molecular weight excluding hydrogens is 662 g/mol. The van der Waals surface area contributed by atoms with Gasteiger partial charge in [-0.3, -0.25) is 14.8 Å². The van der Waals surface area contributed by atoms with Crippen LogP contribution in [0.3, 0.4) is 0 Å². The van der Waals surface area contributed by atoms with Crippen molar-refractivity contribution >= 4 is 17.8 Å². The number of aliphatic hydroxyl groups is 1. The number of benzene rings is 3. The predicted molar refractivity (Wildman–Crippen MR) is 211 cm³/mol. The number of carbonyl (C=O) groups excluding carboxylic acids is 1. The molecule has 4 aromatic rings. The number of aliphatic hydroxyl groups excluding tert-OH is 1. The van der Waals surface area contributed by atoms with Crippen molar-refractivity contribution in [1.29, 1.82) is 0 Å². The van der Waals surface area contributed by atoms with Crippen molar-refractivity contribution in [2.75, 3.05) is 33.1 Å². The first-order chi connectivity index (χ1) is 24.8. The zero-order valence-electron chi connectivity index (χ0n) is 32.9. The van der Waals surface area contributed by atoms with Crippen LogP contribution in [0.5, 0.6) is 11.5 Å². The maximum atomic E-state index is 15.1. The number of pyridine rings is 1. The number of nitrogens with two attached hydrogens (primary N) is 1. The highest BCUT2D eigenvalue weighted by Gasteiger charge is 2.23. The largest absolute Gasteiger partial charge is 0.497 e. The number of aromatic nitrogens is 1. The number of aryl methyl sites for hydroxylation is 2. The number of amides is 1. The number of ether oxygens (including phenoxy) is 2. The molecule has 0 aliphatic heterocycles. The summed E-state index contributed by atoms with van der Waals surface area (Å²) in [6, 6.07) is 15.1. The minimum Gasteiger partial charge on any atom is -0.497 e. The molecule has 4 rings (SSSR count). The Morgan fingerprint density at radius 2 is 1.60 bits per heavy atom. The van der Waals surface area contributed by atoms with Gasteiger partial charge in [0, 0.05) is 54.1 Å².